The van der Waals surface area contributed by atoms with Crippen molar-refractivity contribution in [1.82, 2.24) is 0 Å². The normalized spacial score (nSPS) is 12.8. The first-order chi connectivity index (χ1) is 8.54. The van der Waals surface area contributed by atoms with Gasteiger partial charge in [0.25, 0.3) is 0 Å². The van der Waals surface area contributed by atoms with E-state index in [4.69, 9.17) is 10.5 Å². The molecule has 2 N–H and O–H groups in total. The first-order valence-electron chi connectivity index (χ1n) is 6.19. The van der Waals surface area contributed by atoms with Crippen molar-refractivity contribution >= 4 is 11.8 Å². The number of thioether (sulfide) groups is 1. The van der Waals surface area contributed by atoms with Crippen LogP contribution in [-0.2, 0) is 6.42 Å². The third-order valence-electron chi connectivity index (χ3n) is 2.53. The Hall–Kier alpha value is -0.740. The van der Waals surface area contributed by atoms with Crippen molar-refractivity contribution in [3.8, 4) is 5.75 Å². The van der Waals surface area contributed by atoms with Crippen LogP contribution in [0.1, 0.15) is 19.4 Å². The van der Waals surface area contributed by atoms with Gasteiger partial charge >= 0.3 is 0 Å². The highest BCUT2D eigenvalue weighted by Crippen LogP contribution is 2.21. The Bertz CT molecular complexity index is 371. The van der Waals surface area contributed by atoms with Crippen LogP contribution in [0.15, 0.2) is 18.2 Å². The third-order valence-corrected chi connectivity index (χ3v) is 4.09. The second kappa shape index (κ2) is 7.64. The lowest BCUT2D eigenvalue weighted by Crippen LogP contribution is -2.26. The average molecular weight is 271 g/mol. The van der Waals surface area contributed by atoms with E-state index < -0.39 is 0 Å². The van der Waals surface area contributed by atoms with E-state index in [-0.39, 0.29) is 17.6 Å². The Kier molecular flexibility index (Phi) is 6.50. The van der Waals surface area contributed by atoms with Crippen molar-refractivity contribution in [1.29, 1.82) is 0 Å². The van der Waals surface area contributed by atoms with Gasteiger partial charge in [0.2, 0.25) is 0 Å². The highest BCUT2D eigenvalue weighted by Gasteiger charge is 2.12. The van der Waals surface area contributed by atoms with Gasteiger partial charge in [0.05, 0.1) is 7.11 Å². The van der Waals surface area contributed by atoms with Crippen molar-refractivity contribution in [3.05, 3.63) is 29.6 Å². The van der Waals surface area contributed by atoms with Crippen LogP contribution < -0.4 is 10.5 Å². The van der Waals surface area contributed by atoms with Crippen LogP contribution in [-0.4, -0.2) is 24.7 Å². The third kappa shape index (κ3) is 4.86. The van der Waals surface area contributed by atoms with Crippen molar-refractivity contribution in [2.45, 2.75) is 26.3 Å². The van der Waals surface area contributed by atoms with E-state index in [0.29, 0.717) is 17.9 Å². The molecular formula is C14H22FNOS. The van der Waals surface area contributed by atoms with Gasteiger partial charge in [0.1, 0.15) is 0 Å². The molecule has 0 saturated carbocycles. The summed E-state index contributed by atoms with van der Waals surface area (Å²) in [6.07, 6.45) is 0.550. The maximum atomic E-state index is 13.9. The van der Waals surface area contributed by atoms with Gasteiger partial charge in [-0.1, -0.05) is 26.0 Å². The minimum atomic E-state index is -0.288. The van der Waals surface area contributed by atoms with Crippen LogP contribution in [0.3, 0.4) is 0 Å². The predicted octanol–water partition coefficient (Wildman–Crippen LogP) is 3.09. The van der Waals surface area contributed by atoms with Crippen LogP contribution in [0, 0.1) is 11.7 Å². The van der Waals surface area contributed by atoms with Gasteiger partial charge in [-0.2, -0.15) is 11.8 Å². The number of methoxy groups -OCH3 is 1. The minimum Gasteiger partial charge on any atom is -0.494 e. The summed E-state index contributed by atoms with van der Waals surface area (Å²) >= 11 is 1.83. The summed E-state index contributed by atoms with van der Waals surface area (Å²) in [4.78, 5) is 0. The standard InChI is InChI=1S/C14H22FNOS/c1-10(2)8-18-9-12(16)7-11-5-4-6-13(17-3)14(11)15/h4-6,10,12H,7-9,16H2,1-3H3. The maximum Gasteiger partial charge on any atom is 0.168 e. The molecule has 0 aromatic heterocycles. The van der Waals surface area contributed by atoms with Gasteiger partial charge in [0.15, 0.2) is 11.6 Å². The Morgan fingerprint density at radius 3 is 2.67 bits per heavy atom. The number of ether oxygens (including phenoxy) is 1. The fraction of sp³-hybridized carbons (Fsp3) is 0.571. The van der Waals surface area contributed by atoms with Gasteiger partial charge in [-0.3, -0.25) is 0 Å². The Labute approximate surface area is 113 Å². The molecule has 0 aliphatic rings. The highest BCUT2D eigenvalue weighted by atomic mass is 32.2. The largest absolute Gasteiger partial charge is 0.494 e. The number of hydrogen-bond acceptors (Lipinski definition) is 3. The van der Waals surface area contributed by atoms with Gasteiger partial charge in [-0.05, 0) is 29.7 Å². The summed E-state index contributed by atoms with van der Waals surface area (Å²) < 4.78 is 18.9. The monoisotopic (exact) mass is 271 g/mol. The van der Waals surface area contributed by atoms with E-state index in [1.807, 2.05) is 11.8 Å². The van der Waals surface area contributed by atoms with Crippen LogP contribution in [0.4, 0.5) is 4.39 Å². The molecule has 4 heteroatoms. The van der Waals surface area contributed by atoms with Crippen molar-refractivity contribution in [2.75, 3.05) is 18.6 Å². The number of nitrogens with two attached hydrogens (primary N) is 1. The Morgan fingerprint density at radius 2 is 2.06 bits per heavy atom. The van der Waals surface area contributed by atoms with E-state index in [1.54, 1.807) is 18.2 Å². The number of hydrogen-bond donors (Lipinski definition) is 1. The summed E-state index contributed by atoms with van der Waals surface area (Å²) in [6, 6.07) is 5.17. The summed E-state index contributed by atoms with van der Waals surface area (Å²) in [5.41, 5.74) is 6.66. The lowest BCUT2D eigenvalue weighted by atomic mass is 10.1. The maximum absolute atomic E-state index is 13.9. The van der Waals surface area contributed by atoms with Crippen LogP contribution in [0.5, 0.6) is 5.75 Å². The Morgan fingerprint density at radius 1 is 1.33 bits per heavy atom. The van der Waals surface area contributed by atoms with Crippen LogP contribution in [0.2, 0.25) is 0 Å². The van der Waals surface area contributed by atoms with Gasteiger partial charge in [0, 0.05) is 11.8 Å². The molecule has 0 amide bonds. The summed E-state index contributed by atoms with van der Waals surface area (Å²) in [5.74, 6) is 2.61. The first kappa shape index (κ1) is 15.3. The van der Waals surface area contributed by atoms with Gasteiger partial charge < -0.3 is 10.5 Å². The summed E-state index contributed by atoms with van der Waals surface area (Å²) in [6.45, 7) is 4.36. The molecule has 1 rings (SSSR count). The minimum absolute atomic E-state index is 0.0182. The van der Waals surface area contributed by atoms with E-state index in [0.717, 1.165) is 11.5 Å². The zero-order valence-corrected chi connectivity index (χ0v) is 12.1. The van der Waals surface area contributed by atoms with E-state index >= 15 is 0 Å². The van der Waals surface area contributed by atoms with Crippen molar-refractivity contribution in [2.24, 2.45) is 11.7 Å². The number of benzene rings is 1. The topological polar surface area (TPSA) is 35.2 Å². The fourth-order valence-electron chi connectivity index (χ4n) is 1.67. The molecule has 18 heavy (non-hydrogen) atoms. The summed E-state index contributed by atoms with van der Waals surface area (Å²) in [7, 11) is 1.47. The molecular weight excluding hydrogens is 249 g/mol. The SMILES string of the molecule is COc1cccc(CC(N)CSCC(C)C)c1F. The van der Waals surface area contributed by atoms with Crippen molar-refractivity contribution < 1.29 is 9.13 Å². The zero-order valence-electron chi connectivity index (χ0n) is 11.3. The van der Waals surface area contributed by atoms with Crippen LogP contribution in [0.25, 0.3) is 0 Å². The predicted molar refractivity (Wildman–Crippen MR) is 76.8 cm³/mol. The van der Waals surface area contributed by atoms with E-state index in [2.05, 4.69) is 13.8 Å². The molecule has 1 aromatic carbocycles. The molecule has 0 bridgehead atoms. The smallest absolute Gasteiger partial charge is 0.168 e. The van der Waals surface area contributed by atoms with E-state index in [9.17, 15) is 4.39 Å². The molecule has 0 spiro atoms. The molecule has 1 aromatic rings. The first-order valence-corrected chi connectivity index (χ1v) is 7.34. The molecule has 2 nitrogen and oxygen atoms in total. The molecule has 1 atom stereocenters. The number of rotatable bonds is 7. The molecule has 0 fully saturated rings. The molecule has 0 radical (unpaired) electrons. The van der Waals surface area contributed by atoms with Crippen molar-refractivity contribution in [3.63, 3.8) is 0 Å². The Balaban J connectivity index is 2.51. The fourth-order valence-corrected chi connectivity index (χ4v) is 2.70. The summed E-state index contributed by atoms with van der Waals surface area (Å²) in [5, 5.41) is 0. The lowest BCUT2D eigenvalue weighted by molar-refractivity contribution is 0.383. The van der Waals surface area contributed by atoms with Gasteiger partial charge in [-0.15, -0.1) is 0 Å². The van der Waals surface area contributed by atoms with Crippen LogP contribution >= 0.6 is 11.8 Å². The second-order valence-corrected chi connectivity index (χ2v) is 5.90. The molecule has 1 unspecified atom stereocenters. The highest BCUT2D eigenvalue weighted by molar-refractivity contribution is 7.99. The quantitative estimate of drug-likeness (QED) is 0.827. The number of halogens is 1. The molecule has 0 aliphatic heterocycles. The molecule has 0 aliphatic carbocycles. The van der Waals surface area contributed by atoms with E-state index in [1.165, 1.54) is 7.11 Å². The lowest BCUT2D eigenvalue weighted by Gasteiger charge is -2.14. The molecule has 102 valence electrons. The van der Waals surface area contributed by atoms with Gasteiger partial charge in [-0.25, -0.2) is 4.39 Å². The average Bonchev–Trinajstić information content (AvgIpc) is 2.31. The zero-order chi connectivity index (χ0) is 13.5. The molecule has 0 saturated heterocycles. The second-order valence-electron chi connectivity index (χ2n) is 4.83. The molecule has 0 heterocycles.